The molecule has 2 aliphatic heterocycles. The zero-order chi connectivity index (χ0) is 30.9. The lowest BCUT2D eigenvalue weighted by atomic mass is 10.0. The largest absolute Gasteiger partial charge is 0.540 e. The number of hydrogen-bond acceptors (Lipinski definition) is 6. The molecular weight excluding hydrogens is 555 g/mol. The third-order valence-corrected chi connectivity index (χ3v) is 14.4. The van der Waals surface area contributed by atoms with Gasteiger partial charge < -0.3 is 23.9 Å². The van der Waals surface area contributed by atoms with E-state index < -0.39 is 32.6 Å². The van der Waals surface area contributed by atoms with E-state index in [0.717, 1.165) is 10.5 Å². The summed E-state index contributed by atoms with van der Waals surface area (Å²) < 4.78 is 31.7. The number of fused-ring (bicyclic) bond motifs is 2. The Labute approximate surface area is 248 Å². The van der Waals surface area contributed by atoms with Crippen molar-refractivity contribution < 1.29 is 33.0 Å². The molecule has 4 rings (SSSR count). The molecule has 0 aromatic heterocycles. The highest BCUT2D eigenvalue weighted by atomic mass is 28.4. The summed E-state index contributed by atoms with van der Waals surface area (Å²) in [5.74, 6) is -0.0342. The highest BCUT2D eigenvalue weighted by molar-refractivity contribution is 6.78. The Bertz CT molecular complexity index is 1350. The topological polar surface area (TPSA) is 88.5 Å². The minimum Gasteiger partial charge on any atom is -0.540 e. The number of halogens is 1. The molecular formula is C32H41FN2O6Si. The first-order valence-electron chi connectivity index (χ1n) is 14.3. The number of ether oxygens (including phenoxy) is 2. The maximum atomic E-state index is 14.1. The van der Waals surface area contributed by atoms with Gasteiger partial charge in [-0.15, -0.1) is 0 Å². The first-order valence-corrected chi connectivity index (χ1v) is 16.5. The van der Waals surface area contributed by atoms with Crippen LogP contribution < -0.4 is 14.1 Å². The second kappa shape index (κ2) is 12.3. The van der Waals surface area contributed by atoms with Gasteiger partial charge in [0.2, 0.25) is 0 Å². The van der Waals surface area contributed by atoms with Crippen molar-refractivity contribution in [3.63, 3.8) is 0 Å². The van der Waals surface area contributed by atoms with Crippen molar-refractivity contribution in [2.45, 2.75) is 76.9 Å². The van der Waals surface area contributed by atoms with Gasteiger partial charge in [-0.3, -0.25) is 4.79 Å². The fraction of sp³-hybridized carbons (Fsp3) is 0.438. The van der Waals surface area contributed by atoms with Crippen LogP contribution in [0.15, 0.2) is 55.3 Å². The summed E-state index contributed by atoms with van der Waals surface area (Å²) in [7, 11) is -0.964. The van der Waals surface area contributed by atoms with Gasteiger partial charge in [-0.25, -0.2) is 14.1 Å². The molecule has 0 saturated heterocycles. The molecule has 2 atom stereocenters. The number of rotatable bonds is 9. The van der Waals surface area contributed by atoms with Gasteiger partial charge in [0.1, 0.15) is 18.2 Å². The smallest absolute Gasteiger partial charge is 0.416 e. The van der Waals surface area contributed by atoms with E-state index in [1.807, 2.05) is 0 Å². The van der Waals surface area contributed by atoms with Crippen molar-refractivity contribution in [2.24, 2.45) is 0 Å². The highest BCUT2D eigenvalue weighted by Crippen LogP contribution is 2.48. The molecule has 0 fully saturated rings. The molecule has 0 radical (unpaired) electrons. The number of amides is 2. The number of aliphatic hydroxyl groups excluding tert-OH is 1. The van der Waals surface area contributed by atoms with Crippen LogP contribution in [0, 0.1) is 5.82 Å². The quantitative estimate of drug-likeness (QED) is 0.245. The third kappa shape index (κ3) is 5.45. The molecule has 42 heavy (non-hydrogen) atoms. The zero-order valence-corrected chi connectivity index (χ0v) is 26.4. The number of anilines is 1. The number of methoxy groups -OCH3 is 1. The van der Waals surface area contributed by atoms with Crippen LogP contribution in [0.2, 0.25) is 16.6 Å². The van der Waals surface area contributed by atoms with E-state index in [9.17, 15) is 19.1 Å². The maximum Gasteiger partial charge on any atom is 0.416 e. The molecule has 2 aliphatic rings. The van der Waals surface area contributed by atoms with E-state index >= 15 is 0 Å². The molecule has 0 bridgehead atoms. The molecule has 0 saturated carbocycles. The molecule has 10 heteroatoms. The molecule has 2 amide bonds. The van der Waals surface area contributed by atoms with E-state index in [2.05, 4.69) is 48.1 Å². The monoisotopic (exact) mass is 596 g/mol. The van der Waals surface area contributed by atoms with Gasteiger partial charge in [-0.05, 0) is 52.4 Å². The Morgan fingerprint density at radius 2 is 1.71 bits per heavy atom. The van der Waals surface area contributed by atoms with E-state index in [-0.39, 0.29) is 46.7 Å². The standard InChI is InChI=1S/C32H41FN2O6Si/c1-9-14-40-32(38)35-26-17-29(41-42(19(2)3,20(4)5)21(6)7)28(39-8)16-25(26)30(36)34-18-23(15-27(34)31(35)37)22-10-12-24(33)13-11-22/h9-13,16-21,27,31,37H,1,14-15H2,2-8H3/t27-,31-/m0/s1. The molecule has 2 heterocycles. The minimum atomic E-state index is -2.47. The zero-order valence-electron chi connectivity index (χ0n) is 25.4. The van der Waals surface area contributed by atoms with E-state index in [1.54, 1.807) is 30.5 Å². The van der Waals surface area contributed by atoms with Crippen LogP contribution in [-0.4, -0.2) is 56.3 Å². The molecule has 1 N–H and O–H groups in total. The summed E-state index contributed by atoms with van der Waals surface area (Å²) in [6.45, 7) is 16.5. The van der Waals surface area contributed by atoms with Gasteiger partial charge in [0.05, 0.1) is 24.4 Å². The molecule has 2 aromatic rings. The lowest BCUT2D eigenvalue weighted by molar-refractivity contribution is 0.0559. The number of hydrogen-bond donors (Lipinski definition) is 1. The van der Waals surface area contributed by atoms with E-state index in [1.165, 1.54) is 30.2 Å². The van der Waals surface area contributed by atoms with Crippen molar-refractivity contribution in [2.75, 3.05) is 18.6 Å². The molecule has 226 valence electrons. The molecule has 0 aliphatic carbocycles. The highest BCUT2D eigenvalue weighted by Gasteiger charge is 2.49. The second-order valence-corrected chi connectivity index (χ2v) is 17.1. The fourth-order valence-corrected chi connectivity index (χ4v) is 11.8. The Balaban J connectivity index is 1.89. The number of carbonyl (C=O) groups excluding carboxylic acids is 2. The first-order chi connectivity index (χ1) is 19.9. The van der Waals surface area contributed by atoms with Gasteiger partial charge in [0, 0.05) is 12.3 Å². The summed E-state index contributed by atoms with van der Waals surface area (Å²) in [5.41, 5.74) is 2.52. The van der Waals surface area contributed by atoms with Crippen LogP contribution in [0.5, 0.6) is 11.5 Å². The lowest BCUT2D eigenvalue weighted by Crippen LogP contribution is -2.51. The summed E-state index contributed by atoms with van der Waals surface area (Å²) in [6, 6.07) is 8.30. The van der Waals surface area contributed by atoms with Crippen molar-refractivity contribution in [1.82, 2.24) is 4.90 Å². The van der Waals surface area contributed by atoms with E-state index in [0.29, 0.717) is 17.1 Å². The van der Waals surface area contributed by atoms with Crippen LogP contribution in [-0.2, 0) is 4.74 Å². The van der Waals surface area contributed by atoms with Gasteiger partial charge in [0.15, 0.2) is 12.0 Å². The summed E-state index contributed by atoms with van der Waals surface area (Å²) in [6.07, 6.45) is 1.04. The van der Waals surface area contributed by atoms with Crippen LogP contribution in [0.3, 0.4) is 0 Å². The van der Waals surface area contributed by atoms with Gasteiger partial charge in [0.25, 0.3) is 14.2 Å². The fourth-order valence-electron chi connectivity index (χ4n) is 6.52. The van der Waals surface area contributed by atoms with Crippen LogP contribution in [0.1, 0.15) is 63.9 Å². The first kappa shape index (κ1) is 31.3. The second-order valence-electron chi connectivity index (χ2n) is 11.7. The van der Waals surface area contributed by atoms with Crippen LogP contribution in [0.25, 0.3) is 5.57 Å². The maximum absolute atomic E-state index is 14.1. The average Bonchev–Trinajstić information content (AvgIpc) is 3.37. The van der Waals surface area contributed by atoms with Crippen LogP contribution >= 0.6 is 0 Å². The Kier molecular flexibility index (Phi) is 9.17. The van der Waals surface area contributed by atoms with Crippen molar-refractivity contribution >= 4 is 31.6 Å². The third-order valence-electron chi connectivity index (χ3n) is 8.43. The lowest BCUT2D eigenvalue weighted by Gasteiger charge is -2.42. The van der Waals surface area contributed by atoms with Gasteiger partial charge >= 0.3 is 6.09 Å². The average molecular weight is 597 g/mol. The molecule has 0 spiro atoms. The number of benzene rings is 2. The van der Waals surface area contributed by atoms with Gasteiger partial charge in [-0.1, -0.05) is 66.3 Å². The molecule has 8 nitrogen and oxygen atoms in total. The summed E-state index contributed by atoms with van der Waals surface area (Å²) in [4.78, 5) is 30.1. The number of carbonyl (C=O) groups is 2. The molecule has 0 unspecified atom stereocenters. The Morgan fingerprint density at radius 3 is 2.26 bits per heavy atom. The Morgan fingerprint density at radius 1 is 1.10 bits per heavy atom. The number of nitrogens with zero attached hydrogens (tertiary/aromatic N) is 2. The van der Waals surface area contributed by atoms with E-state index in [4.69, 9.17) is 13.9 Å². The molecule has 2 aromatic carbocycles. The summed E-state index contributed by atoms with van der Waals surface area (Å²) >= 11 is 0. The predicted molar refractivity (Wildman–Crippen MR) is 164 cm³/mol. The predicted octanol–water partition coefficient (Wildman–Crippen LogP) is 7.11. The van der Waals surface area contributed by atoms with Gasteiger partial charge in [-0.2, -0.15) is 0 Å². The minimum absolute atomic E-state index is 0.0810. The van der Waals surface area contributed by atoms with Crippen molar-refractivity contribution in [3.8, 4) is 11.5 Å². The summed E-state index contributed by atoms with van der Waals surface area (Å²) in [5, 5.41) is 11.7. The Hall–Kier alpha value is -3.63. The normalized spacial score (nSPS) is 18.6. The van der Waals surface area contributed by atoms with Crippen LogP contribution in [0.4, 0.5) is 14.9 Å². The van der Waals surface area contributed by atoms with Crippen molar-refractivity contribution in [3.05, 3.63) is 72.2 Å². The number of aliphatic hydroxyl groups is 1. The van der Waals surface area contributed by atoms with Crippen molar-refractivity contribution in [1.29, 1.82) is 0 Å². The SMILES string of the molecule is C=CCOC(=O)N1c2cc(O[Si](C(C)C)(C(C)C)C(C)C)c(OC)cc2C(=O)N2C=C(c3ccc(F)cc3)C[C@H]2[C@@H]1O.